The Labute approximate surface area is 110 Å². The molecule has 1 fully saturated rings. The summed E-state index contributed by atoms with van der Waals surface area (Å²) in [6, 6.07) is 0. The molecule has 0 unspecified atom stereocenters. The fourth-order valence-corrected chi connectivity index (χ4v) is 1.75. The van der Waals surface area contributed by atoms with Crippen LogP contribution in [0, 0.1) is 20.2 Å². The summed E-state index contributed by atoms with van der Waals surface area (Å²) >= 11 is 0. The Hall–Kier alpha value is -2.60. The van der Waals surface area contributed by atoms with Crippen LogP contribution < -0.4 is 0 Å². The third kappa shape index (κ3) is 2.28. The molecule has 2 N–H and O–H groups in total. The lowest BCUT2D eigenvalue weighted by atomic mass is 10.4. The van der Waals surface area contributed by atoms with Gasteiger partial charge in [0.2, 0.25) is 11.8 Å². The van der Waals surface area contributed by atoms with Crippen molar-refractivity contribution in [2.24, 2.45) is 0 Å². The highest BCUT2D eigenvalue weighted by Crippen LogP contribution is 2.30. The zero-order chi connectivity index (χ0) is 15.8. The van der Waals surface area contributed by atoms with Crippen LogP contribution in [0.1, 0.15) is 13.8 Å². The maximum absolute atomic E-state index is 11.4. The molecule has 110 valence electrons. The van der Waals surface area contributed by atoms with E-state index in [9.17, 15) is 40.0 Å². The second-order valence-corrected chi connectivity index (χ2v) is 3.77. The average Bonchev–Trinajstić information content (AvgIpc) is 2.50. The Bertz CT molecular complexity index is 485. The van der Waals surface area contributed by atoms with Gasteiger partial charge in [-0.1, -0.05) is 0 Å². The summed E-state index contributed by atoms with van der Waals surface area (Å²) in [7, 11) is 0. The highest BCUT2D eigenvalue weighted by Gasteiger charge is 2.54. The molecule has 2 atom stereocenters. The quantitative estimate of drug-likeness (QED) is 0.435. The number of hydrogen-bond donors (Lipinski definition) is 2. The van der Waals surface area contributed by atoms with Crippen LogP contribution in [-0.2, 0) is 9.59 Å². The fraction of sp³-hybridized carbons (Fsp3) is 0.500. The minimum absolute atomic E-state index is 0.215. The Morgan fingerprint density at radius 2 is 1.30 bits per heavy atom. The van der Waals surface area contributed by atoms with E-state index in [1.165, 1.54) is 0 Å². The monoisotopic (exact) mass is 290 g/mol. The molecule has 1 rings (SSSR count). The molecular weight excluding hydrogens is 280 g/mol. The molecule has 0 aromatic carbocycles. The molecule has 1 aliphatic rings. The standard InChI is InChI=1S/C8H10N4O8/c1-3(13)9-5(6(11(17)18)12(19)20)10(4(2)14)8(16)7(9)15/h7-8,15-16H,1-2H3/t7-,8+. The van der Waals surface area contributed by atoms with E-state index in [0.29, 0.717) is 0 Å². The number of amides is 2. The largest absolute Gasteiger partial charge is 0.600 e. The summed E-state index contributed by atoms with van der Waals surface area (Å²) < 4.78 is 0. The van der Waals surface area contributed by atoms with Crippen molar-refractivity contribution in [1.29, 1.82) is 0 Å². The molecule has 0 bridgehead atoms. The molecule has 2 amide bonds. The Balaban J connectivity index is 3.67. The molecule has 12 heteroatoms. The zero-order valence-corrected chi connectivity index (χ0v) is 10.3. The first kappa shape index (κ1) is 15.5. The molecule has 0 radical (unpaired) electrons. The van der Waals surface area contributed by atoms with E-state index in [1.807, 2.05) is 0 Å². The third-order valence-corrected chi connectivity index (χ3v) is 2.48. The molecule has 1 heterocycles. The number of hydrogen-bond acceptors (Lipinski definition) is 8. The molecule has 1 aliphatic heterocycles. The predicted molar refractivity (Wildman–Crippen MR) is 58.1 cm³/mol. The van der Waals surface area contributed by atoms with Crippen LogP contribution in [0.3, 0.4) is 0 Å². The predicted octanol–water partition coefficient (Wildman–Crippen LogP) is -1.99. The summed E-state index contributed by atoms with van der Waals surface area (Å²) in [5, 5.41) is 40.7. The number of nitrogens with zero attached hydrogens (tertiary/aromatic N) is 4. The lowest BCUT2D eigenvalue weighted by Gasteiger charge is -2.16. The van der Waals surface area contributed by atoms with Crippen molar-refractivity contribution in [1.82, 2.24) is 9.80 Å². The van der Waals surface area contributed by atoms with E-state index in [-0.39, 0.29) is 9.80 Å². The van der Waals surface area contributed by atoms with E-state index < -0.39 is 45.8 Å². The van der Waals surface area contributed by atoms with Gasteiger partial charge in [-0.05, 0) is 0 Å². The van der Waals surface area contributed by atoms with Crippen molar-refractivity contribution in [2.45, 2.75) is 26.3 Å². The lowest BCUT2D eigenvalue weighted by molar-refractivity contribution is -0.619. The first-order chi connectivity index (χ1) is 9.11. The zero-order valence-electron chi connectivity index (χ0n) is 10.3. The highest BCUT2D eigenvalue weighted by atomic mass is 16.7. The molecule has 0 saturated carbocycles. The SMILES string of the molecule is CC(=O)N1C(=C([N+](=O)[O-])[N+](=O)[O-])N(C(C)=O)[C@@H](O)[C@H]1O. The Kier molecular flexibility index (Phi) is 4.00. The summed E-state index contributed by atoms with van der Waals surface area (Å²) in [5.74, 6) is -4.82. The number of aliphatic hydroxyl groups excluding tert-OH is 2. The lowest BCUT2D eigenvalue weighted by Crippen LogP contribution is -2.39. The molecular formula is C8H10N4O8. The second kappa shape index (κ2) is 5.18. The van der Waals surface area contributed by atoms with Crippen molar-refractivity contribution in [3.05, 3.63) is 31.9 Å². The molecule has 0 spiro atoms. The summed E-state index contributed by atoms with van der Waals surface area (Å²) in [6.07, 6.45) is -4.08. The van der Waals surface area contributed by atoms with Gasteiger partial charge in [0.15, 0.2) is 12.5 Å². The van der Waals surface area contributed by atoms with E-state index >= 15 is 0 Å². The maximum atomic E-state index is 11.4. The first-order valence-corrected chi connectivity index (χ1v) is 5.10. The Morgan fingerprint density at radius 3 is 1.50 bits per heavy atom. The summed E-state index contributed by atoms with van der Waals surface area (Å²) in [4.78, 5) is 41.8. The summed E-state index contributed by atoms with van der Waals surface area (Å²) in [6.45, 7) is 1.72. The van der Waals surface area contributed by atoms with Gasteiger partial charge in [-0.25, -0.2) is 0 Å². The maximum Gasteiger partial charge on any atom is 0.600 e. The van der Waals surface area contributed by atoms with Gasteiger partial charge in [0.05, 0.1) is 0 Å². The first-order valence-electron chi connectivity index (χ1n) is 5.10. The van der Waals surface area contributed by atoms with Crippen LogP contribution in [0.4, 0.5) is 0 Å². The van der Waals surface area contributed by atoms with E-state index in [2.05, 4.69) is 0 Å². The van der Waals surface area contributed by atoms with Crippen LogP contribution in [0.15, 0.2) is 11.6 Å². The minimum Gasteiger partial charge on any atom is -0.369 e. The van der Waals surface area contributed by atoms with Crippen molar-refractivity contribution < 1.29 is 29.6 Å². The van der Waals surface area contributed by atoms with Crippen LogP contribution in [0.2, 0.25) is 0 Å². The summed E-state index contributed by atoms with van der Waals surface area (Å²) in [5.41, 5.74) is 0. The smallest absolute Gasteiger partial charge is 0.369 e. The van der Waals surface area contributed by atoms with Gasteiger partial charge in [0.25, 0.3) is 5.82 Å². The van der Waals surface area contributed by atoms with Gasteiger partial charge in [0.1, 0.15) is 9.85 Å². The van der Waals surface area contributed by atoms with Crippen LogP contribution in [0.5, 0.6) is 0 Å². The Morgan fingerprint density at radius 1 is 1.00 bits per heavy atom. The number of carbonyl (C=O) groups is 2. The van der Waals surface area contributed by atoms with Crippen molar-refractivity contribution in [3.63, 3.8) is 0 Å². The molecule has 1 saturated heterocycles. The van der Waals surface area contributed by atoms with Crippen molar-refractivity contribution in [2.75, 3.05) is 0 Å². The fourth-order valence-electron chi connectivity index (χ4n) is 1.75. The molecule has 20 heavy (non-hydrogen) atoms. The van der Waals surface area contributed by atoms with Gasteiger partial charge in [-0.2, -0.15) is 0 Å². The molecule has 0 aliphatic carbocycles. The van der Waals surface area contributed by atoms with Crippen molar-refractivity contribution in [3.8, 4) is 0 Å². The molecule has 0 aromatic rings. The van der Waals surface area contributed by atoms with Gasteiger partial charge < -0.3 is 10.2 Å². The van der Waals surface area contributed by atoms with Gasteiger partial charge >= 0.3 is 5.82 Å². The van der Waals surface area contributed by atoms with Crippen LogP contribution in [0.25, 0.3) is 0 Å². The minimum atomic E-state index is -2.04. The number of aliphatic hydroxyl groups is 2. The third-order valence-electron chi connectivity index (χ3n) is 2.48. The van der Waals surface area contributed by atoms with E-state index in [0.717, 1.165) is 13.8 Å². The number of nitro groups is 2. The topological polar surface area (TPSA) is 167 Å². The number of rotatable bonds is 2. The van der Waals surface area contributed by atoms with E-state index in [1.54, 1.807) is 0 Å². The second-order valence-electron chi connectivity index (χ2n) is 3.77. The normalized spacial score (nSPS) is 21.9. The van der Waals surface area contributed by atoms with E-state index in [4.69, 9.17) is 0 Å². The van der Waals surface area contributed by atoms with Crippen LogP contribution >= 0.6 is 0 Å². The van der Waals surface area contributed by atoms with Gasteiger partial charge in [0, 0.05) is 13.8 Å². The van der Waals surface area contributed by atoms with Crippen molar-refractivity contribution >= 4 is 11.8 Å². The number of carbonyl (C=O) groups excluding carboxylic acids is 2. The molecule has 12 nitrogen and oxygen atoms in total. The van der Waals surface area contributed by atoms with Gasteiger partial charge in [-0.15, -0.1) is 0 Å². The van der Waals surface area contributed by atoms with Gasteiger partial charge in [-0.3, -0.25) is 39.6 Å². The average molecular weight is 290 g/mol. The van der Waals surface area contributed by atoms with Crippen LogP contribution in [-0.4, -0.2) is 54.1 Å². The molecule has 0 aromatic heterocycles. The highest BCUT2D eigenvalue weighted by molar-refractivity contribution is 5.81.